The second-order valence-electron chi connectivity index (χ2n) is 23.5. The third-order valence-electron chi connectivity index (χ3n) is 16.2. The van der Waals surface area contributed by atoms with Crippen LogP contribution in [0, 0.1) is 0 Å². The molecular weight excluding hydrogens is 899 g/mol. The molecule has 0 fully saturated rings. The van der Waals surface area contributed by atoms with Gasteiger partial charge in [-0.15, -0.1) is 0 Å². The Kier molecular flexibility index (Phi) is 62.4. The van der Waals surface area contributed by atoms with Crippen molar-refractivity contribution in [2.75, 3.05) is 13.2 Å². The molecule has 0 aromatic heterocycles. The van der Waals surface area contributed by atoms with Gasteiger partial charge in [-0.3, -0.25) is 9.59 Å². The molecule has 0 aromatic rings. The van der Waals surface area contributed by atoms with E-state index in [-0.39, 0.29) is 18.5 Å². The van der Waals surface area contributed by atoms with E-state index in [9.17, 15) is 19.8 Å². The van der Waals surface area contributed by atoms with E-state index in [1.165, 1.54) is 321 Å². The smallest absolute Gasteiger partial charge is 0.305 e. The summed E-state index contributed by atoms with van der Waals surface area (Å²) in [6, 6.07) is -0.542. The van der Waals surface area contributed by atoms with Gasteiger partial charge in [-0.05, 0) is 25.7 Å². The molecule has 0 rings (SSSR count). The molecule has 0 saturated heterocycles. The summed E-state index contributed by atoms with van der Waals surface area (Å²) in [5.41, 5.74) is 0. The summed E-state index contributed by atoms with van der Waals surface area (Å²) in [7, 11) is 0. The van der Waals surface area contributed by atoms with Crippen LogP contribution < -0.4 is 5.32 Å². The second kappa shape index (κ2) is 63.4. The quantitative estimate of drug-likeness (QED) is 0.0417. The fraction of sp³-hybridized carbons (Fsp3) is 0.970. The van der Waals surface area contributed by atoms with Crippen molar-refractivity contribution in [1.29, 1.82) is 0 Å². The van der Waals surface area contributed by atoms with Crippen molar-refractivity contribution < 1.29 is 24.5 Å². The molecule has 0 aliphatic carbocycles. The highest BCUT2D eigenvalue weighted by molar-refractivity contribution is 5.76. The summed E-state index contributed by atoms with van der Waals surface area (Å²) < 4.78 is 5.49. The minimum Gasteiger partial charge on any atom is -0.466 e. The zero-order valence-corrected chi connectivity index (χ0v) is 49.9. The zero-order valence-electron chi connectivity index (χ0n) is 49.9. The number of nitrogens with one attached hydrogen (secondary N) is 1. The molecule has 3 N–H and O–H groups in total. The Morgan fingerprint density at radius 2 is 0.562 bits per heavy atom. The first kappa shape index (κ1) is 71.9. The van der Waals surface area contributed by atoms with E-state index in [0.717, 1.165) is 38.5 Å². The maximum atomic E-state index is 12.5. The first-order valence-electron chi connectivity index (χ1n) is 33.8. The summed E-state index contributed by atoms with van der Waals surface area (Å²) in [4.78, 5) is 24.6. The third-order valence-corrected chi connectivity index (χ3v) is 16.2. The van der Waals surface area contributed by atoms with Crippen LogP contribution in [0.15, 0.2) is 0 Å². The minimum atomic E-state index is -0.665. The van der Waals surface area contributed by atoms with Crippen molar-refractivity contribution in [1.82, 2.24) is 5.32 Å². The second-order valence-corrected chi connectivity index (χ2v) is 23.5. The molecule has 6 heteroatoms. The van der Waals surface area contributed by atoms with Crippen LogP contribution >= 0.6 is 0 Å². The summed E-state index contributed by atoms with van der Waals surface area (Å²) in [5, 5.41) is 23.4. The predicted molar refractivity (Wildman–Crippen MR) is 320 cm³/mol. The van der Waals surface area contributed by atoms with Crippen molar-refractivity contribution in [3.63, 3.8) is 0 Å². The molecule has 0 aromatic carbocycles. The van der Waals surface area contributed by atoms with E-state index >= 15 is 0 Å². The molecule has 0 aliphatic heterocycles. The van der Waals surface area contributed by atoms with E-state index in [2.05, 4.69) is 19.2 Å². The van der Waals surface area contributed by atoms with E-state index in [1.54, 1.807) is 0 Å². The largest absolute Gasteiger partial charge is 0.466 e. The number of hydrogen-bond acceptors (Lipinski definition) is 5. The highest BCUT2D eigenvalue weighted by Gasteiger charge is 2.20. The van der Waals surface area contributed by atoms with E-state index in [4.69, 9.17) is 4.74 Å². The molecule has 2 atom stereocenters. The summed E-state index contributed by atoms with van der Waals surface area (Å²) in [5.74, 6) is -0.0156. The molecule has 0 radical (unpaired) electrons. The van der Waals surface area contributed by atoms with Crippen LogP contribution in [0.3, 0.4) is 0 Å². The number of ether oxygens (including phenoxy) is 1. The van der Waals surface area contributed by atoms with Gasteiger partial charge in [0.05, 0.1) is 25.4 Å². The maximum Gasteiger partial charge on any atom is 0.305 e. The van der Waals surface area contributed by atoms with Crippen LogP contribution in [0.4, 0.5) is 0 Å². The molecule has 73 heavy (non-hydrogen) atoms. The number of unbranched alkanes of at least 4 members (excludes halogenated alkanes) is 53. The lowest BCUT2D eigenvalue weighted by Crippen LogP contribution is -2.45. The SMILES string of the molecule is CCCCCCCCCCCCCCCCCCCCCCCCC(O)C(CO)NC(=O)CCCCCCCCCCCCCCCCCCCCCCCOC(=O)CCCCCCCCCCCCCCC. The van der Waals surface area contributed by atoms with Gasteiger partial charge < -0.3 is 20.3 Å². The van der Waals surface area contributed by atoms with Crippen LogP contribution in [-0.2, 0) is 14.3 Å². The van der Waals surface area contributed by atoms with Crippen molar-refractivity contribution >= 4 is 11.9 Å². The van der Waals surface area contributed by atoms with Crippen molar-refractivity contribution in [3.8, 4) is 0 Å². The number of carbonyl (C=O) groups excluding carboxylic acids is 2. The standard InChI is InChI=1S/C67H133NO5/c1-3-5-7-9-11-13-15-17-18-19-20-21-23-26-29-32-36-39-43-47-51-55-59-65(70)64(63-69)68-66(71)60-56-52-48-44-40-37-33-30-27-24-22-25-28-31-34-38-42-46-50-54-58-62-73-67(72)61-57-53-49-45-41-35-16-14-12-10-8-6-4-2/h64-65,69-70H,3-63H2,1-2H3,(H,68,71). The summed E-state index contributed by atoms with van der Waals surface area (Å²) >= 11 is 0. The Hall–Kier alpha value is -1.14. The molecule has 0 bridgehead atoms. The van der Waals surface area contributed by atoms with Crippen LogP contribution in [0.1, 0.15) is 393 Å². The normalized spacial score (nSPS) is 12.4. The van der Waals surface area contributed by atoms with E-state index < -0.39 is 12.1 Å². The van der Waals surface area contributed by atoms with E-state index in [0.29, 0.717) is 25.9 Å². The summed E-state index contributed by atoms with van der Waals surface area (Å²) in [6.45, 7) is 5.00. The number of aliphatic hydroxyl groups excluding tert-OH is 2. The lowest BCUT2D eigenvalue weighted by molar-refractivity contribution is -0.143. The fourth-order valence-corrected chi connectivity index (χ4v) is 11.0. The molecule has 0 saturated carbocycles. The number of esters is 1. The van der Waals surface area contributed by atoms with Crippen molar-refractivity contribution in [2.45, 2.75) is 405 Å². The Balaban J connectivity index is 3.37. The average molecular weight is 1030 g/mol. The third kappa shape index (κ3) is 60.0. The van der Waals surface area contributed by atoms with Crippen LogP contribution in [-0.4, -0.2) is 47.4 Å². The topological polar surface area (TPSA) is 95.9 Å². The molecule has 6 nitrogen and oxygen atoms in total. The lowest BCUT2D eigenvalue weighted by Gasteiger charge is -2.22. The van der Waals surface area contributed by atoms with Gasteiger partial charge in [0.2, 0.25) is 5.91 Å². The molecule has 0 aliphatic rings. The molecule has 1 amide bonds. The number of aliphatic hydroxyl groups is 2. The molecule has 436 valence electrons. The van der Waals surface area contributed by atoms with Crippen molar-refractivity contribution in [2.24, 2.45) is 0 Å². The maximum absolute atomic E-state index is 12.5. The van der Waals surface area contributed by atoms with Gasteiger partial charge in [0.1, 0.15) is 0 Å². The first-order valence-corrected chi connectivity index (χ1v) is 33.8. The minimum absolute atomic E-state index is 0.0150. The van der Waals surface area contributed by atoms with Gasteiger partial charge in [0.15, 0.2) is 0 Å². The Labute approximate surface area is 457 Å². The van der Waals surface area contributed by atoms with Gasteiger partial charge in [-0.2, -0.15) is 0 Å². The highest BCUT2D eigenvalue weighted by atomic mass is 16.5. The monoisotopic (exact) mass is 1030 g/mol. The fourth-order valence-electron chi connectivity index (χ4n) is 11.0. The molecule has 0 spiro atoms. The molecule has 0 heterocycles. The molecule has 2 unspecified atom stereocenters. The van der Waals surface area contributed by atoms with Gasteiger partial charge in [0, 0.05) is 12.8 Å². The number of hydrogen-bond donors (Lipinski definition) is 3. The van der Waals surface area contributed by atoms with Crippen LogP contribution in [0.2, 0.25) is 0 Å². The zero-order chi connectivity index (χ0) is 52.9. The van der Waals surface area contributed by atoms with Gasteiger partial charge in [-0.1, -0.05) is 354 Å². The van der Waals surface area contributed by atoms with Gasteiger partial charge in [-0.25, -0.2) is 0 Å². The van der Waals surface area contributed by atoms with Crippen LogP contribution in [0.25, 0.3) is 0 Å². The van der Waals surface area contributed by atoms with Gasteiger partial charge in [0.25, 0.3) is 0 Å². The van der Waals surface area contributed by atoms with E-state index in [1.807, 2.05) is 0 Å². The Bertz CT molecular complexity index is 1050. The first-order chi connectivity index (χ1) is 36.0. The average Bonchev–Trinajstić information content (AvgIpc) is 3.39. The van der Waals surface area contributed by atoms with Crippen molar-refractivity contribution in [3.05, 3.63) is 0 Å². The highest BCUT2D eigenvalue weighted by Crippen LogP contribution is 2.19. The Morgan fingerprint density at radius 1 is 0.329 bits per heavy atom. The number of amides is 1. The predicted octanol–water partition coefficient (Wildman–Crippen LogP) is 21.4. The lowest BCUT2D eigenvalue weighted by atomic mass is 10.0. The molecular formula is C67H133NO5. The van der Waals surface area contributed by atoms with Crippen LogP contribution in [0.5, 0.6) is 0 Å². The number of carbonyl (C=O) groups is 2. The summed E-state index contributed by atoms with van der Waals surface area (Å²) in [6.07, 6.45) is 75.6. The number of rotatable bonds is 64. The Morgan fingerprint density at radius 3 is 0.836 bits per heavy atom. The van der Waals surface area contributed by atoms with Gasteiger partial charge >= 0.3 is 5.97 Å².